The Kier molecular flexibility index (Phi) is 7.09. The number of carbonyl (C=O) groups is 1. The van der Waals surface area contributed by atoms with E-state index < -0.39 is 0 Å². The predicted octanol–water partition coefficient (Wildman–Crippen LogP) is 2.31. The Bertz CT molecular complexity index is 549. The molecule has 5 heteroatoms. The lowest BCUT2D eigenvalue weighted by atomic mass is 10.1. The molecule has 1 saturated carbocycles. The largest absolute Gasteiger partial charge is 0.356 e. The molecule has 2 N–H and O–H groups in total. The highest BCUT2D eigenvalue weighted by atomic mass is 16.1. The van der Waals surface area contributed by atoms with E-state index in [9.17, 15) is 4.79 Å². The molecule has 0 saturated heterocycles. The van der Waals surface area contributed by atoms with Crippen molar-refractivity contribution in [3.63, 3.8) is 0 Å². The topological polar surface area (TPSA) is 56.7 Å². The third-order valence-electron chi connectivity index (χ3n) is 4.23. The van der Waals surface area contributed by atoms with Crippen molar-refractivity contribution in [1.82, 2.24) is 15.5 Å². The first kappa shape index (κ1) is 18.3. The first-order valence-corrected chi connectivity index (χ1v) is 8.91. The van der Waals surface area contributed by atoms with Crippen LogP contribution in [0.3, 0.4) is 0 Å². The summed E-state index contributed by atoms with van der Waals surface area (Å²) in [5.74, 6) is 1.02. The zero-order valence-corrected chi connectivity index (χ0v) is 15.1. The van der Waals surface area contributed by atoms with Gasteiger partial charge >= 0.3 is 0 Å². The third-order valence-corrected chi connectivity index (χ3v) is 4.23. The minimum atomic E-state index is 0.165. The van der Waals surface area contributed by atoms with E-state index in [4.69, 9.17) is 0 Å². The smallest absolute Gasteiger partial charge is 0.220 e. The van der Waals surface area contributed by atoms with Gasteiger partial charge < -0.3 is 15.5 Å². The molecule has 24 heavy (non-hydrogen) atoms. The Morgan fingerprint density at radius 2 is 1.92 bits per heavy atom. The number of rotatable bonds is 8. The quantitative estimate of drug-likeness (QED) is 0.437. The highest BCUT2D eigenvalue weighted by molar-refractivity contribution is 5.80. The highest BCUT2D eigenvalue weighted by Crippen LogP contribution is 2.18. The van der Waals surface area contributed by atoms with Gasteiger partial charge in [0, 0.05) is 39.6 Å². The Morgan fingerprint density at radius 1 is 1.25 bits per heavy atom. The molecule has 1 aliphatic carbocycles. The van der Waals surface area contributed by atoms with E-state index in [0.717, 1.165) is 44.7 Å². The fourth-order valence-electron chi connectivity index (χ4n) is 2.59. The molecule has 0 aromatic heterocycles. The van der Waals surface area contributed by atoms with Gasteiger partial charge in [-0.15, -0.1) is 0 Å². The predicted molar refractivity (Wildman–Crippen MR) is 99.0 cm³/mol. The van der Waals surface area contributed by atoms with Crippen LogP contribution in [0.5, 0.6) is 0 Å². The highest BCUT2D eigenvalue weighted by Gasteiger charge is 2.22. The maximum atomic E-state index is 11.7. The van der Waals surface area contributed by atoms with Gasteiger partial charge in [-0.05, 0) is 36.8 Å². The molecule has 1 aromatic carbocycles. The summed E-state index contributed by atoms with van der Waals surface area (Å²) >= 11 is 0. The Balaban J connectivity index is 1.70. The first-order valence-electron chi connectivity index (χ1n) is 8.91. The number of hydrogen-bond acceptors (Lipinski definition) is 2. The van der Waals surface area contributed by atoms with Crippen LogP contribution in [0.15, 0.2) is 29.3 Å². The maximum Gasteiger partial charge on any atom is 0.220 e. The minimum absolute atomic E-state index is 0.165. The molecule has 0 aliphatic heterocycles. The van der Waals surface area contributed by atoms with Crippen molar-refractivity contribution in [3.05, 3.63) is 35.4 Å². The summed E-state index contributed by atoms with van der Waals surface area (Å²) < 4.78 is 0. The number of guanidine groups is 1. The van der Waals surface area contributed by atoms with Crippen LogP contribution in [-0.2, 0) is 17.8 Å². The number of amides is 1. The second-order valence-corrected chi connectivity index (χ2v) is 6.45. The molecule has 0 radical (unpaired) electrons. The average Bonchev–Trinajstić information content (AvgIpc) is 3.39. The van der Waals surface area contributed by atoms with Crippen molar-refractivity contribution in [1.29, 1.82) is 0 Å². The fourth-order valence-corrected chi connectivity index (χ4v) is 2.59. The van der Waals surface area contributed by atoms with E-state index >= 15 is 0 Å². The number of nitrogens with zero attached hydrogens (tertiary/aromatic N) is 2. The number of nitrogens with one attached hydrogen (secondary N) is 2. The van der Waals surface area contributed by atoms with Crippen molar-refractivity contribution >= 4 is 11.9 Å². The van der Waals surface area contributed by atoms with E-state index in [0.29, 0.717) is 12.5 Å². The number of carbonyl (C=O) groups excluding carboxylic acids is 1. The van der Waals surface area contributed by atoms with Gasteiger partial charge in [0.15, 0.2) is 5.96 Å². The number of benzene rings is 1. The molecule has 0 heterocycles. The van der Waals surface area contributed by atoms with Crippen LogP contribution in [0, 0.1) is 0 Å². The zero-order valence-electron chi connectivity index (χ0n) is 15.1. The summed E-state index contributed by atoms with van der Waals surface area (Å²) in [7, 11) is 3.82. The lowest BCUT2D eigenvalue weighted by Gasteiger charge is -2.22. The van der Waals surface area contributed by atoms with Crippen molar-refractivity contribution in [3.8, 4) is 0 Å². The molecule has 0 spiro atoms. The van der Waals surface area contributed by atoms with Gasteiger partial charge in [-0.3, -0.25) is 9.79 Å². The van der Waals surface area contributed by atoms with Gasteiger partial charge in [0.2, 0.25) is 5.91 Å². The number of hydrogen-bond donors (Lipinski definition) is 2. The Morgan fingerprint density at radius 3 is 2.50 bits per heavy atom. The van der Waals surface area contributed by atoms with Crippen LogP contribution in [0.1, 0.15) is 43.7 Å². The third kappa shape index (κ3) is 6.22. The molecular formula is C19H30N4O. The minimum Gasteiger partial charge on any atom is -0.356 e. The Hall–Kier alpha value is -2.04. The molecule has 132 valence electrons. The maximum absolute atomic E-state index is 11.7. The van der Waals surface area contributed by atoms with Crippen LogP contribution in [0.4, 0.5) is 0 Å². The van der Waals surface area contributed by atoms with Crippen molar-refractivity contribution in [2.75, 3.05) is 20.6 Å². The molecule has 1 aromatic rings. The normalized spacial score (nSPS) is 14.4. The number of aryl methyl sites for hydroxylation is 1. The summed E-state index contributed by atoms with van der Waals surface area (Å²) in [6.45, 7) is 3.73. The average molecular weight is 330 g/mol. The van der Waals surface area contributed by atoms with Gasteiger partial charge in [0.25, 0.3) is 0 Å². The van der Waals surface area contributed by atoms with Gasteiger partial charge in [0.1, 0.15) is 0 Å². The lowest BCUT2D eigenvalue weighted by molar-refractivity contribution is -0.121. The monoisotopic (exact) mass is 330 g/mol. The van der Waals surface area contributed by atoms with Crippen LogP contribution in [0.25, 0.3) is 0 Å². The molecule has 0 atom stereocenters. The van der Waals surface area contributed by atoms with Crippen molar-refractivity contribution in [2.45, 2.75) is 51.6 Å². The number of aliphatic imine (C=N–C) groups is 1. The summed E-state index contributed by atoms with van der Waals surface area (Å²) in [6, 6.07) is 9.15. The van der Waals surface area contributed by atoms with Crippen molar-refractivity contribution < 1.29 is 4.79 Å². The second-order valence-electron chi connectivity index (χ2n) is 6.45. The second kappa shape index (κ2) is 9.30. The molecule has 1 fully saturated rings. The van der Waals surface area contributed by atoms with Gasteiger partial charge in [-0.1, -0.05) is 31.2 Å². The van der Waals surface area contributed by atoms with E-state index in [1.807, 2.05) is 7.05 Å². The Labute approximate surface area is 145 Å². The van der Waals surface area contributed by atoms with Gasteiger partial charge in [0.05, 0.1) is 0 Å². The molecule has 1 aliphatic rings. The van der Waals surface area contributed by atoms with E-state index in [2.05, 4.69) is 51.7 Å². The first-order chi connectivity index (χ1) is 11.6. The SMILES string of the molecule is CCc1ccc(CN(C)C(=NC)NCCCC(=O)NC2CC2)cc1. The zero-order chi connectivity index (χ0) is 17.4. The summed E-state index contributed by atoms with van der Waals surface area (Å²) in [4.78, 5) is 18.1. The van der Waals surface area contributed by atoms with Crippen LogP contribution in [0.2, 0.25) is 0 Å². The standard InChI is InChI=1S/C19H30N4O/c1-4-15-7-9-16(10-8-15)14-23(3)19(20-2)21-13-5-6-18(24)22-17-11-12-17/h7-10,17H,4-6,11-14H2,1-3H3,(H,20,21)(H,22,24). The summed E-state index contributed by atoms with van der Waals surface area (Å²) in [5, 5.41) is 6.35. The molecule has 0 bridgehead atoms. The molecular weight excluding hydrogens is 300 g/mol. The molecule has 2 rings (SSSR count). The van der Waals surface area contributed by atoms with Crippen LogP contribution in [-0.4, -0.2) is 43.4 Å². The molecule has 5 nitrogen and oxygen atoms in total. The summed E-state index contributed by atoms with van der Waals surface area (Å²) in [5.41, 5.74) is 2.62. The lowest BCUT2D eigenvalue weighted by Crippen LogP contribution is -2.39. The van der Waals surface area contributed by atoms with Gasteiger partial charge in [-0.25, -0.2) is 0 Å². The van der Waals surface area contributed by atoms with Crippen LogP contribution >= 0.6 is 0 Å². The van der Waals surface area contributed by atoms with E-state index in [-0.39, 0.29) is 5.91 Å². The van der Waals surface area contributed by atoms with Crippen molar-refractivity contribution in [2.24, 2.45) is 4.99 Å². The van der Waals surface area contributed by atoms with Gasteiger partial charge in [-0.2, -0.15) is 0 Å². The van der Waals surface area contributed by atoms with Crippen LogP contribution < -0.4 is 10.6 Å². The van der Waals surface area contributed by atoms with E-state index in [1.165, 1.54) is 11.1 Å². The molecule has 1 amide bonds. The molecule has 0 unspecified atom stereocenters. The van der Waals surface area contributed by atoms with E-state index in [1.54, 1.807) is 7.05 Å². The fraction of sp³-hybridized carbons (Fsp3) is 0.579. The summed E-state index contributed by atoms with van der Waals surface area (Å²) in [6.07, 6.45) is 4.73.